The van der Waals surface area contributed by atoms with Gasteiger partial charge >= 0.3 is 5.97 Å². The third-order valence-electron chi connectivity index (χ3n) is 2.83. The van der Waals surface area contributed by atoms with E-state index < -0.39 is 0 Å². The average Bonchev–Trinajstić information content (AvgIpc) is 2.34. The summed E-state index contributed by atoms with van der Waals surface area (Å²) >= 11 is 0. The quantitative estimate of drug-likeness (QED) is 0.785. The van der Waals surface area contributed by atoms with Crippen molar-refractivity contribution < 1.29 is 9.53 Å². The van der Waals surface area contributed by atoms with Gasteiger partial charge in [0.2, 0.25) is 0 Å². The second kappa shape index (κ2) is 7.11. The van der Waals surface area contributed by atoms with Crippen molar-refractivity contribution in [3.8, 4) is 0 Å². The Hall–Kier alpha value is -1.42. The van der Waals surface area contributed by atoms with Crippen molar-refractivity contribution in [1.82, 2.24) is 10.3 Å². The molecule has 1 heterocycles. The Labute approximate surface area is 109 Å². The van der Waals surface area contributed by atoms with Crippen LogP contribution in [0.4, 0.5) is 0 Å². The minimum Gasteiger partial charge on any atom is -0.468 e. The first kappa shape index (κ1) is 14.6. The second-order valence-corrected chi connectivity index (χ2v) is 4.85. The lowest BCUT2D eigenvalue weighted by atomic mass is 10.0. The minimum atomic E-state index is -0.267. The molecule has 1 aromatic heterocycles. The van der Waals surface area contributed by atoms with Gasteiger partial charge in [-0.1, -0.05) is 19.9 Å². The lowest BCUT2D eigenvalue weighted by Crippen LogP contribution is -2.38. The maximum Gasteiger partial charge on any atom is 0.322 e. The fourth-order valence-corrected chi connectivity index (χ4v) is 1.80. The van der Waals surface area contributed by atoms with Gasteiger partial charge < -0.3 is 4.74 Å². The van der Waals surface area contributed by atoms with Gasteiger partial charge in [0.1, 0.15) is 6.04 Å². The normalized spacial score (nSPS) is 12.5. The standard InChI is InChI=1S/C14H22N2O2/c1-10(2)8-12(14(17)18-4)16-9-13-11(3)6-5-7-15-13/h5-7,10,12,16H,8-9H2,1-4H3. The molecule has 1 rings (SSSR count). The van der Waals surface area contributed by atoms with Crippen LogP contribution in [0.25, 0.3) is 0 Å². The fourth-order valence-electron chi connectivity index (χ4n) is 1.80. The van der Waals surface area contributed by atoms with E-state index in [1.165, 1.54) is 7.11 Å². The summed E-state index contributed by atoms with van der Waals surface area (Å²) in [5.41, 5.74) is 2.09. The van der Waals surface area contributed by atoms with Gasteiger partial charge in [-0.25, -0.2) is 0 Å². The van der Waals surface area contributed by atoms with Crippen molar-refractivity contribution in [3.63, 3.8) is 0 Å². The summed E-state index contributed by atoms with van der Waals surface area (Å²) < 4.78 is 4.81. The highest BCUT2D eigenvalue weighted by molar-refractivity contribution is 5.75. The van der Waals surface area contributed by atoms with Gasteiger partial charge in [-0.15, -0.1) is 0 Å². The molecule has 100 valence electrons. The summed E-state index contributed by atoms with van der Waals surface area (Å²) in [6.45, 7) is 6.77. The number of pyridine rings is 1. The van der Waals surface area contributed by atoms with Crippen LogP contribution in [0.2, 0.25) is 0 Å². The van der Waals surface area contributed by atoms with Crippen LogP contribution in [0.5, 0.6) is 0 Å². The number of aryl methyl sites for hydroxylation is 1. The highest BCUT2D eigenvalue weighted by atomic mass is 16.5. The van der Waals surface area contributed by atoms with E-state index in [4.69, 9.17) is 4.74 Å². The van der Waals surface area contributed by atoms with Crippen LogP contribution < -0.4 is 5.32 Å². The molecule has 0 saturated carbocycles. The van der Waals surface area contributed by atoms with E-state index in [1.807, 2.05) is 19.1 Å². The number of methoxy groups -OCH3 is 1. The van der Waals surface area contributed by atoms with E-state index in [2.05, 4.69) is 24.1 Å². The maximum atomic E-state index is 11.6. The SMILES string of the molecule is COC(=O)C(CC(C)C)NCc1ncccc1C. The summed E-state index contributed by atoms with van der Waals surface area (Å²) in [5, 5.41) is 3.22. The Kier molecular flexibility index (Phi) is 5.78. The number of hydrogen-bond acceptors (Lipinski definition) is 4. The van der Waals surface area contributed by atoms with Crippen LogP contribution in [0.3, 0.4) is 0 Å². The molecule has 1 unspecified atom stereocenters. The van der Waals surface area contributed by atoms with E-state index in [1.54, 1.807) is 6.20 Å². The van der Waals surface area contributed by atoms with Gasteiger partial charge in [0.05, 0.1) is 12.8 Å². The number of aromatic nitrogens is 1. The first-order valence-corrected chi connectivity index (χ1v) is 6.26. The van der Waals surface area contributed by atoms with Crippen molar-refractivity contribution in [2.24, 2.45) is 5.92 Å². The molecule has 0 aliphatic heterocycles. The fraction of sp³-hybridized carbons (Fsp3) is 0.571. The van der Waals surface area contributed by atoms with Gasteiger partial charge in [0.25, 0.3) is 0 Å². The first-order chi connectivity index (χ1) is 8.54. The predicted molar refractivity (Wildman–Crippen MR) is 71.1 cm³/mol. The topological polar surface area (TPSA) is 51.2 Å². The summed E-state index contributed by atoms with van der Waals surface area (Å²) in [6, 6.07) is 3.65. The van der Waals surface area contributed by atoms with Crippen LogP contribution in [0.1, 0.15) is 31.5 Å². The number of esters is 1. The van der Waals surface area contributed by atoms with E-state index in [0.717, 1.165) is 17.7 Å². The lowest BCUT2D eigenvalue weighted by Gasteiger charge is -2.18. The zero-order valence-corrected chi connectivity index (χ0v) is 11.6. The molecule has 4 heteroatoms. The predicted octanol–water partition coefficient (Wildman–Crippen LogP) is 2.07. The first-order valence-electron chi connectivity index (χ1n) is 6.26. The summed E-state index contributed by atoms with van der Waals surface area (Å²) in [6.07, 6.45) is 2.53. The molecule has 18 heavy (non-hydrogen) atoms. The molecule has 0 aliphatic rings. The average molecular weight is 250 g/mol. The molecular formula is C14H22N2O2. The van der Waals surface area contributed by atoms with Gasteiger partial charge in [0, 0.05) is 12.7 Å². The zero-order valence-electron chi connectivity index (χ0n) is 11.6. The Morgan fingerprint density at radius 1 is 1.50 bits per heavy atom. The van der Waals surface area contributed by atoms with Crippen molar-refractivity contribution in [2.75, 3.05) is 7.11 Å². The minimum absolute atomic E-state index is 0.211. The zero-order chi connectivity index (χ0) is 13.5. The molecule has 4 nitrogen and oxygen atoms in total. The molecular weight excluding hydrogens is 228 g/mol. The number of rotatable bonds is 6. The van der Waals surface area contributed by atoms with E-state index >= 15 is 0 Å². The third-order valence-corrected chi connectivity index (χ3v) is 2.83. The van der Waals surface area contributed by atoms with Crippen LogP contribution in [-0.2, 0) is 16.1 Å². The molecule has 0 aromatic carbocycles. The number of carbonyl (C=O) groups is 1. The van der Waals surface area contributed by atoms with Crippen molar-refractivity contribution in [3.05, 3.63) is 29.6 Å². The number of ether oxygens (including phenoxy) is 1. The molecule has 0 amide bonds. The number of carbonyl (C=O) groups excluding carboxylic acids is 1. The number of nitrogens with zero attached hydrogens (tertiary/aromatic N) is 1. The van der Waals surface area contributed by atoms with Crippen molar-refractivity contribution >= 4 is 5.97 Å². The molecule has 0 fully saturated rings. The van der Waals surface area contributed by atoms with E-state index in [-0.39, 0.29) is 12.0 Å². The Morgan fingerprint density at radius 3 is 2.78 bits per heavy atom. The molecule has 1 N–H and O–H groups in total. The summed E-state index contributed by atoms with van der Waals surface area (Å²) in [5.74, 6) is 0.226. The highest BCUT2D eigenvalue weighted by Gasteiger charge is 2.20. The summed E-state index contributed by atoms with van der Waals surface area (Å²) in [4.78, 5) is 15.9. The highest BCUT2D eigenvalue weighted by Crippen LogP contribution is 2.08. The van der Waals surface area contributed by atoms with Gasteiger partial charge in [0.15, 0.2) is 0 Å². The van der Waals surface area contributed by atoms with Crippen LogP contribution in [0.15, 0.2) is 18.3 Å². The monoisotopic (exact) mass is 250 g/mol. The van der Waals surface area contributed by atoms with Gasteiger partial charge in [-0.05, 0) is 30.9 Å². The largest absolute Gasteiger partial charge is 0.468 e. The Bertz CT molecular complexity index is 391. The molecule has 1 aromatic rings. The van der Waals surface area contributed by atoms with E-state index in [9.17, 15) is 4.79 Å². The molecule has 0 aliphatic carbocycles. The van der Waals surface area contributed by atoms with Gasteiger partial charge in [-0.3, -0.25) is 15.1 Å². The van der Waals surface area contributed by atoms with Crippen LogP contribution in [0, 0.1) is 12.8 Å². The lowest BCUT2D eigenvalue weighted by molar-refractivity contribution is -0.143. The Balaban J connectivity index is 2.62. The molecule has 0 radical (unpaired) electrons. The second-order valence-electron chi connectivity index (χ2n) is 4.85. The van der Waals surface area contributed by atoms with Crippen LogP contribution >= 0.6 is 0 Å². The van der Waals surface area contributed by atoms with Crippen molar-refractivity contribution in [1.29, 1.82) is 0 Å². The summed E-state index contributed by atoms with van der Waals surface area (Å²) in [7, 11) is 1.42. The van der Waals surface area contributed by atoms with Crippen molar-refractivity contribution in [2.45, 2.75) is 39.8 Å². The molecule has 0 saturated heterocycles. The van der Waals surface area contributed by atoms with E-state index in [0.29, 0.717) is 12.5 Å². The smallest absolute Gasteiger partial charge is 0.322 e. The van der Waals surface area contributed by atoms with Crippen LogP contribution in [-0.4, -0.2) is 24.1 Å². The van der Waals surface area contributed by atoms with Gasteiger partial charge in [-0.2, -0.15) is 0 Å². The molecule has 0 bridgehead atoms. The third kappa shape index (κ3) is 4.45. The Morgan fingerprint density at radius 2 is 2.22 bits per heavy atom. The molecule has 1 atom stereocenters. The number of nitrogens with one attached hydrogen (secondary N) is 1. The number of hydrogen-bond donors (Lipinski definition) is 1. The molecule has 0 spiro atoms. The maximum absolute atomic E-state index is 11.6.